The average molecular weight is 238 g/mol. The molecule has 0 aliphatic heterocycles. The second kappa shape index (κ2) is 6.05. The summed E-state index contributed by atoms with van der Waals surface area (Å²) in [5, 5.41) is 0. The summed E-state index contributed by atoms with van der Waals surface area (Å²) in [7, 11) is 1.72. The molecule has 0 aromatic carbocycles. The zero-order valence-corrected chi connectivity index (χ0v) is 11.0. The van der Waals surface area contributed by atoms with Gasteiger partial charge in [0.2, 0.25) is 0 Å². The Labute approximate surface area is 103 Å². The van der Waals surface area contributed by atoms with Crippen LogP contribution in [0, 0.1) is 6.92 Å². The Morgan fingerprint density at radius 3 is 2.76 bits per heavy atom. The molecule has 5 nitrogen and oxygen atoms in total. The molecule has 0 radical (unpaired) electrons. The molecule has 1 aromatic rings. The highest BCUT2D eigenvalue weighted by Gasteiger charge is 2.20. The van der Waals surface area contributed by atoms with Gasteiger partial charge in [0.1, 0.15) is 5.82 Å². The van der Waals surface area contributed by atoms with Gasteiger partial charge in [-0.25, -0.2) is 9.97 Å². The van der Waals surface area contributed by atoms with Gasteiger partial charge in [-0.15, -0.1) is 0 Å². The van der Waals surface area contributed by atoms with E-state index in [1.54, 1.807) is 13.3 Å². The quantitative estimate of drug-likeness (QED) is 0.580. The van der Waals surface area contributed by atoms with Crippen molar-refractivity contribution in [3.8, 4) is 0 Å². The Hall–Kier alpha value is -1.04. The summed E-state index contributed by atoms with van der Waals surface area (Å²) in [5.74, 6) is 6.33. The van der Waals surface area contributed by atoms with Gasteiger partial charge < -0.3 is 4.74 Å². The van der Waals surface area contributed by atoms with Crippen molar-refractivity contribution in [1.82, 2.24) is 15.4 Å². The zero-order chi connectivity index (χ0) is 12.9. The predicted octanol–water partition coefficient (Wildman–Crippen LogP) is 1.49. The third-order valence-corrected chi connectivity index (χ3v) is 2.94. The van der Waals surface area contributed by atoms with Gasteiger partial charge in [0, 0.05) is 13.3 Å². The monoisotopic (exact) mass is 238 g/mol. The van der Waals surface area contributed by atoms with Crippen LogP contribution in [-0.2, 0) is 4.74 Å². The standard InChI is InChI=1S/C12H22N4O/c1-9-14-8-6-10(15-9)11(16-13)5-7-12(2,3)17-4/h6,8,11,16H,5,7,13H2,1-4H3. The minimum Gasteiger partial charge on any atom is -0.379 e. The molecule has 1 atom stereocenters. The maximum Gasteiger partial charge on any atom is 0.125 e. The number of nitrogens with one attached hydrogen (secondary N) is 1. The van der Waals surface area contributed by atoms with Gasteiger partial charge in [-0.3, -0.25) is 11.3 Å². The topological polar surface area (TPSA) is 73.1 Å². The third-order valence-electron chi connectivity index (χ3n) is 2.94. The lowest BCUT2D eigenvalue weighted by Crippen LogP contribution is -2.31. The number of nitrogens with two attached hydrogens (primary N) is 1. The highest BCUT2D eigenvalue weighted by atomic mass is 16.5. The number of rotatable bonds is 6. The fourth-order valence-electron chi connectivity index (χ4n) is 1.58. The van der Waals surface area contributed by atoms with Crippen molar-refractivity contribution in [1.29, 1.82) is 0 Å². The summed E-state index contributed by atoms with van der Waals surface area (Å²) in [6, 6.07) is 1.92. The fraction of sp³-hybridized carbons (Fsp3) is 0.667. The van der Waals surface area contributed by atoms with E-state index in [1.165, 1.54) is 0 Å². The number of aromatic nitrogens is 2. The van der Waals surface area contributed by atoms with Crippen LogP contribution < -0.4 is 11.3 Å². The number of aryl methyl sites for hydroxylation is 1. The van der Waals surface area contributed by atoms with Crippen molar-refractivity contribution in [3.63, 3.8) is 0 Å². The first-order valence-electron chi connectivity index (χ1n) is 5.79. The van der Waals surface area contributed by atoms with E-state index in [0.29, 0.717) is 0 Å². The van der Waals surface area contributed by atoms with Crippen molar-refractivity contribution < 1.29 is 4.74 Å². The molecule has 0 spiro atoms. The molecule has 0 aliphatic rings. The second-order valence-corrected chi connectivity index (χ2v) is 4.75. The lowest BCUT2D eigenvalue weighted by atomic mass is 9.97. The van der Waals surface area contributed by atoms with Crippen LogP contribution in [-0.4, -0.2) is 22.7 Å². The van der Waals surface area contributed by atoms with Crippen LogP contribution in [0.5, 0.6) is 0 Å². The Morgan fingerprint density at radius 1 is 1.53 bits per heavy atom. The van der Waals surface area contributed by atoms with Crippen LogP contribution in [0.3, 0.4) is 0 Å². The van der Waals surface area contributed by atoms with Crippen molar-refractivity contribution >= 4 is 0 Å². The van der Waals surface area contributed by atoms with Gasteiger partial charge in [0.05, 0.1) is 17.3 Å². The Kier molecular flexibility index (Phi) is 4.99. The van der Waals surface area contributed by atoms with Gasteiger partial charge in [-0.05, 0) is 39.7 Å². The summed E-state index contributed by atoms with van der Waals surface area (Å²) >= 11 is 0. The molecule has 5 heteroatoms. The highest BCUT2D eigenvalue weighted by Crippen LogP contribution is 2.22. The normalized spacial score (nSPS) is 13.7. The van der Waals surface area contributed by atoms with E-state index in [0.717, 1.165) is 24.4 Å². The van der Waals surface area contributed by atoms with Crippen molar-refractivity contribution in [2.75, 3.05) is 7.11 Å². The molecule has 1 unspecified atom stereocenters. The maximum absolute atomic E-state index is 5.57. The van der Waals surface area contributed by atoms with Crippen LogP contribution in [0.25, 0.3) is 0 Å². The fourth-order valence-corrected chi connectivity index (χ4v) is 1.58. The van der Waals surface area contributed by atoms with Crippen LogP contribution in [0.15, 0.2) is 12.3 Å². The smallest absolute Gasteiger partial charge is 0.125 e. The molecule has 0 saturated heterocycles. The highest BCUT2D eigenvalue weighted by molar-refractivity contribution is 5.07. The Bertz CT molecular complexity index is 354. The summed E-state index contributed by atoms with van der Waals surface area (Å²) in [6.45, 7) is 5.99. The first-order valence-corrected chi connectivity index (χ1v) is 5.79. The van der Waals surface area contributed by atoms with Crippen LogP contribution in [0.2, 0.25) is 0 Å². The molecule has 1 heterocycles. The molecule has 0 fully saturated rings. The third kappa shape index (κ3) is 4.38. The Balaban J connectivity index is 2.66. The van der Waals surface area contributed by atoms with Gasteiger partial charge in [-0.2, -0.15) is 0 Å². The number of nitrogens with zero attached hydrogens (tertiary/aromatic N) is 2. The average Bonchev–Trinajstić information content (AvgIpc) is 2.30. The Morgan fingerprint density at radius 2 is 2.24 bits per heavy atom. The van der Waals surface area contributed by atoms with E-state index >= 15 is 0 Å². The number of hydrogen-bond donors (Lipinski definition) is 2. The molecule has 0 amide bonds. The lowest BCUT2D eigenvalue weighted by Gasteiger charge is -2.25. The van der Waals surface area contributed by atoms with Gasteiger partial charge in [-0.1, -0.05) is 0 Å². The SMILES string of the molecule is COC(C)(C)CCC(NN)c1ccnc(C)n1. The summed E-state index contributed by atoms with van der Waals surface area (Å²) in [4.78, 5) is 8.45. The predicted molar refractivity (Wildman–Crippen MR) is 67.2 cm³/mol. The molecule has 0 aliphatic carbocycles. The summed E-state index contributed by atoms with van der Waals surface area (Å²) in [6.07, 6.45) is 3.53. The van der Waals surface area contributed by atoms with Crippen LogP contribution >= 0.6 is 0 Å². The first kappa shape index (κ1) is 14.0. The van der Waals surface area contributed by atoms with Crippen molar-refractivity contribution in [3.05, 3.63) is 23.8 Å². The second-order valence-electron chi connectivity index (χ2n) is 4.75. The molecule has 1 rings (SSSR count). The molecular weight excluding hydrogens is 216 g/mol. The maximum atomic E-state index is 5.57. The van der Waals surface area contributed by atoms with E-state index < -0.39 is 0 Å². The molecular formula is C12H22N4O. The number of methoxy groups -OCH3 is 1. The molecule has 0 bridgehead atoms. The van der Waals surface area contributed by atoms with E-state index in [2.05, 4.69) is 29.2 Å². The summed E-state index contributed by atoms with van der Waals surface area (Å²) < 4.78 is 5.39. The van der Waals surface area contributed by atoms with Gasteiger partial charge in [0.25, 0.3) is 0 Å². The number of ether oxygens (including phenoxy) is 1. The minimum absolute atomic E-state index is 0.0334. The minimum atomic E-state index is -0.142. The number of hydrogen-bond acceptors (Lipinski definition) is 5. The van der Waals surface area contributed by atoms with E-state index in [9.17, 15) is 0 Å². The van der Waals surface area contributed by atoms with E-state index in [-0.39, 0.29) is 11.6 Å². The first-order chi connectivity index (χ1) is 7.98. The van der Waals surface area contributed by atoms with E-state index in [1.807, 2.05) is 13.0 Å². The van der Waals surface area contributed by atoms with Crippen molar-refractivity contribution in [2.45, 2.75) is 45.3 Å². The summed E-state index contributed by atoms with van der Waals surface area (Å²) in [5.41, 5.74) is 3.58. The molecule has 1 aromatic heterocycles. The van der Waals surface area contributed by atoms with Gasteiger partial charge >= 0.3 is 0 Å². The van der Waals surface area contributed by atoms with Crippen molar-refractivity contribution in [2.24, 2.45) is 5.84 Å². The molecule has 17 heavy (non-hydrogen) atoms. The van der Waals surface area contributed by atoms with Crippen LogP contribution in [0.1, 0.15) is 44.2 Å². The van der Waals surface area contributed by atoms with Crippen LogP contribution in [0.4, 0.5) is 0 Å². The van der Waals surface area contributed by atoms with E-state index in [4.69, 9.17) is 10.6 Å². The zero-order valence-electron chi connectivity index (χ0n) is 11.0. The number of hydrazine groups is 1. The largest absolute Gasteiger partial charge is 0.379 e. The van der Waals surface area contributed by atoms with Gasteiger partial charge in [0.15, 0.2) is 0 Å². The molecule has 96 valence electrons. The molecule has 3 N–H and O–H groups in total. The molecule has 0 saturated carbocycles. The lowest BCUT2D eigenvalue weighted by molar-refractivity contribution is 0.0116.